The molecule has 0 aliphatic carbocycles. The summed E-state index contributed by atoms with van der Waals surface area (Å²) in [6, 6.07) is 24.6. The molecule has 0 radical (unpaired) electrons. The SMILES string of the molecule is O=C(Nc1ccc(Cl)cc1)c1cccc(-c2ccccc2)c1. The van der Waals surface area contributed by atoms with E-state index in [-0.39, 0.29) is 5.91 Å². The Morgan fingerprint density at radius 1 is 0.773 bits per heavy atom. The molecule has 0 heterocycles. The summed E-state index contributed by atoms with van der Waals surface area (Å²) in [5, 5.41) is 3.51. The number of hydrogen-bond donors (Lipinski definition) is 1. The van der Waals surface area contributed by atoms with Crippen molar-refractivity contribution in [3.63, 3.8) is 0 Å². The number of rotatable bonds is 3. The third-order valence-corrected chi connectivity index (χ3v) is 3.59. The molecule has 0 spiro atoms. The lowest BCUT2D eigenvalue weighted by molar-refractivity contribution is 0.102. The average Bonchev–Trinajstić information content (AvgIpc) is 2.58. The molecule has 3 heteroatoms. The van der Waals surface area contributed by atoms with Crippen molar-refractivity contribution >= 4 is 23.2 Å². The number of nitrogens with one attached hydrogen (secondary N) is 1. The maximum Gasteiger partial charge on any atom is 0.255 e. The lowest BCUT2D eigenvalue weighted by Gasteiger charge is -2.07. The van der Waals surface area contributed by atoms with E-state index in [4.69, 9.17) is 11.6 Å². The van der Waals surface area contributed by atoms with Crippen LogP contribution in [0, 0.1) is 0 Å². The van der Waals surface area contributed by atoms with E-state index >= 15 is 0 Å². The van der Waals surface area contributed by atoms with Gasteiger partial charge in [0.15, 0.2) is 0 Å². The van der Waals surface area contributed by atoms with Crippen LogP contribution >= 0.6 is 11.6 Å². The molecular weight excluding hydrogens is 294 g/mol. The lowest BCUT2D eigenvalue weighted by Crippen LogP contribution is -2.11. The standard InChI is InChI=1S/C19H14ClNO/c20-17-9-11-18(12-10-17)21-19(22)16-8-4-7-15(13-16)14-5-2-1-3-6-14/h1-13H,(H,21,22). The molecule has 0 saturated heterocycles. The molecule has 0 aliphatic heterocycles. The van der Waals surface area contributed by atoms with E-state index in [9.17, 15) is 4.79 Å². The number of halogens is 1. The third-order valence-electron chi connectivity index (χ3n) is 3.33. The average molecular weight is 308 g/mol. The topological polar surface area (TPSA) is 29.1 Å². The lowest BCUT2D eigenvalue weighted by atomic mass is 10.0. The van der Waals surface area contributed by atoms with Gasteiger partial charge in [-0.05, 0) is 47.5 Å². The minimum Gasteiger partial charge on any atom is -0.322 e. The zero-order valence-electron chi connectivity index (χ0n) is 11.8. The van der Waals surface area contributed by atoms with Crippen LogP contribution in [0.3, 0.4) is 0 Å². The van der Waals surface area contributed by atoms with Gasteiger partial charge in [0, 0.05) is 16.3 Å². The van der Waals surface area contributed by atoms with Crippen molar-refractivity contribution in [1.82, 2.24) is 0 Å². The Morgan fingerprint density at radius 3 is 2.18 bits per heavy atom. The highest BCUT2D eigenvalue weighted by molar-refractivity contribution is 6.30. The minimum atomic E-state index is -0.139. The molecule has 0 bridgehead atoms. The highest BCUT2D eigenvalue weighted by Gasteiger charge is 2.07. The number of amides is 1. The van der Waals surface area contributed by atoms with Gasteiger partial charge in [0.1, 0.15) is 0 Å². The molecule has 108 valence electrons. The van der Waals surface area contributed by atoms with E-state index in [1.165, 1.54) is 0 Å². The smallest absolute Gasteiger partial charge is 0.255 e. The fraction of sp³-hybridized carbons (Fsp3) is 0. The van der Waals surface area contributed by atoms with Gasteiger partial charge >= 0.3 is 0 Å². The van der Waals surface area contributed by atoms with Crippen molar-refractivity contribution in [2.24, 2.45) is 0 Å². The van der Waals surface area contributed by atoms with Crippen LogP contribution in [-0.4, -0.2) is 5.91 Å². The van der Waals surface area contributed by atoms with Crippen LogP contribution < -0.4 is 5.32 Å². The fourth-order valence-electron chi connectivity index (χ4n) is 2.21. The van der Waals surface area contributed by atoms with E-state index in [0.29, 0.717) is 10.6 Å². The van der Waals surface area contributed by atoms with Crippen LogP contribution in [0.1, 0.15) is 10.4 Å². The summed E-state index contributed by atoms with van der Waals surface area (Å²) in [5.41, 5.74) is 3.45. The normalized spacial score (nSPS) is 10.2. The monoisotopic (exact) mass is 307 g/mol. The summed E-state index contributed by atoms with van der Waals surface area (Å²) in [7, 11) is 0. The second-order valence-corrected chi connectivity index (χ2v) is 5.34. The number of carbonyl (C=O) groups is 1. The van der Waals surface area contributed by atoms with Crippen molar-refractivity contribution < 1.29 is 4.79 Å². The summed E-state index contributed by atoms with van der Waals surface area (Å²) >= 11 is 5.84. The predicted molar refractivity (Wildman–Crippen MR) is 91.3 cm³/mol. The first-order valence-corrected chi connectivity index (χ1v) is 7.32. The molecule has 0 fully saturated rings. The fourth-order valence-corrected chi connectivity index (χ4v) is 2.33. The summed E-state index contributed by atoms with van der Waals surface area (Å²) in [6.45, 7) is 0. The summed E-state index contributed by atoms with van der Waals surface area (Å²) in [6.07, 6.45) is 0. The second kappa shape index (κ2) is 6.46. The van der Waals surface area contributed by atoms with Crippen molar-refractivity contribution in [3.05, 3.63) is 89.4 Å². The van der Waals surface area contributed by atoms with Gasteiger partial charge in [-0.1, -0.05) is 54.1 Å². The van der Waals surface area contributed by atoms with Gasteiger partial charge in [-0.15, -0.1) is 0 Å². The Morgan fingerprint density at radius 2 is 1.45 bits per heavy atom. The zero-order valence-corrected chi connectivity index (χ0v) is 12.5. The zero-order chi connectivity index (χ0) is 15.4. The molecule has 1 N–H and O–H groups in total. The Balaban J connectivity index is 1.82. The number of benzene rings is 3. The molecule has 0 aliphatic rings. The Labute approximate surface area is 134 Å². The molecule has 22 heavy (non-hydrogen) atoms. The van der Waals surface area contributed by atoms with E-state index in [1.807, 2.05) is 48.5 Å². The van der Waals surface area contributed by atoms with Crippen LogP contribution in [0.5, 0.6) is 0 Å². The number of anilines is 1. The van der Waals surface area contributed by atoms with Crippen molar-refractivity contribution in [1.29, 1.82) is 0 Å². The quantitative estimate of drug-likeness (QED) is 0.702. The first-order chi connectivity index (χ1) is 10.7. The first-order valence-electron chi connectivity index (χ1n) is 6.95. The first kappa shape index (κ1) is 14.4. The van der Waals surface area contributed by atoms with Gasteiger partial charge in [-0.2, -0.15) is 0 Å². The number of carbonyl (C=O) groups excluding carboxylic acids is 1. The molecular formula is C19H14ClNO. The van der Waals surface area contributed by atoms with E-state index < -0.39 is 0 Å². The minimum absolute atomic E-state index is 0.139. The molecule has 2 nitrogen and oxygen atoms in total. The van der Waals surface area contributed by atoms with E-state index in [2.05, 4.69) is 5.32 Å². The summed E-state index contributed by atoms with van der Waals surface area (Å²) < 4.78 is 0. The van der Waals surface area contributed by atoms with Crippen LogP contribution in [0.15, 0.2) is 78.9 Å². The van der Waals surface area contributed by atoms with Gasteiger partial charge < -0.3 is 5.32 Å². The Kier molecular flexibility index (Phi) is 4.22. The van der Waals surface area contributed by atoms with Crippen LogP contribution in [-0.2, 0) is 0 Å². The van der Waals surface area contributed by atoms with Gasteiger partial charge in [-0.25, -0.2) is 0 Å². The highest BCUT2D eigenvalue weighted by Crippen LogP contribution is 2.21. The van der Waals surface area contributed by atoms with E-state index in [0.717, 1.165) is 16.8 Å². The predicted octanol–water partition coefficient (Wildman–Crippen LogP) is 5.26. The third kappa shape index (κ3) is 3.35. The van der Waals surface area contributed by atoms with E-state index in [1.54, 1.807) is 30.3 Å². The molecule has 0 saturated carbocycles. The summed E-state index contributed by atoms with van der Waals surface area (Å²) in [5.74, 6) is -0.139. The second-order valence-electron chi connectivity index (χ2n) is 4.91. The van der Waals surface area contributed by atoms with Crippen LogP contribution in [0.4, 0.5) is 5.69 Å². The van der Waals surface area contributed by atoms with Crippen LogP contribution in [0.2, 0.25) is 5.02 Å². The van der Waals surface area contributed by atoms with Crippen molar-refractivity contribution in [2.45, 2.75) is 0 Å². The van der Waals surface area contributed by atoms with Crippen molar-refractivity contribution in [2.75, 3.05) is 5.32 Å². The molecule has 1 amide bonds. The maximum absolute atomic E-state index is 12.3. The maximum atomic E-state index is 12.3. The van der Waals surface area contributed by atoms with Gasteiger partial charge in [0.25, 0.3) is 5.91 Å². The number of hydrogen-bond acceptors (Lipinski definition) is 1. The molecule has 3 aromatic carbocycles. The molecule has 0 atom stereocenters. The van der Waals surface area contributed by atoms with Gasteiger partial charge in [-0.3, -0.25) is 4.79 Å². The molecule has 0 aromatic heterocycles. The highest BCUT2D eigenvalue weighted by atomic mass is 35.5. The Bertz CT molecular complexity index is 782. The largest absolute Gasteiger partial charge is 0.322 e. The molecule has 3 rings (SSSR count). The molecule has 0 unspecified atom stereocenters. The summed E-state index contributed by atoms with van der Waals surface area (Å²) in [4.78, 5) is 12.3. The van der Waals surface area contributed by atoms with Gasteiger partial charge in [0.05, 0.1) is 0 Å². The molecule has 3 aromatic rings. The van der Waals surface area contributed by atoms with Crippen LogP contribution in [0.25, 0.3) is 11.1 Å². The Hall–Kier alpha value is -2.58. The van der Waals surface area contributed by atoms with Crippen molar-refractivity contribution in [3.8, 4) is 11.1 Å². The van der Waals surface area contributed by atoms with Gasteiger partial charge in [0.2, 0.25) is 0 Å².